The zero-order valence-corrected chi connectivity index (χ0v) is 13.1. The van der Waals surface area contributed by atoms with Crippen LogP contribution in [0.3, 0.4) is 0 Å². The van der Waals surface area contributed by atoms with Crippen LogP contribution in [-0.2, 0) is 0 Å². The molecule has 2 heterocycles. The summed E-state index contributed by atoms with van der Waals surface area (Å²) in [5, 5.41) is 17.6. The first-order valence-corrected chi connectivity index (χ1v) is 7.71. The van der Waals surface area contributed by atoms with Gasteiger partial charge in [-0.25, -0.2) is 0 Å². The minimum absolute atomic E-state index is 0.210. The molecule has 0 fully saturated rings. The molecule has 0 radical (unpaired) electrons. The third kappa shape index (κ3) is 2.36. The summed E-state index contributed by atoms with van der Waals surface area (Å²) in [6, 6.07) is 7.41. The number of halogens is 1. The Balaban J connectivity index is 2.18. The van der Waals surface area contributed by atoms with Crippen molar-refractivity contribution < 1.29 is 0 Å². The van der Waals surface area contributed by atoms with E-state index in [0.29, 0.717) is 15.9 Å². The number of fused-ring (bicyclic) bond motifs is 1. The lowest BCUT2D eigenvalue weighted by atomic mass is 10.2. The molecule has 0 aliphatic heterocycles. The lowest BCUT2D eigenvalue weighted by molar-refractivity contribution is 0.892. The highest BCUT2D eigenvalue weighted by Crippen LogP contribution is 2.21. The highest BCUT2D eigenvalue weighted by molar-refractivity contribution is 7.99. The second kappa shape index (κ2) is 5.83. The molecule has 0 bridgehead atoms. The molecular formula is C14H10ClN5OS. The van der Waals surface area contributed by atoms with Crippen molar-refractivity contribution in [3.05, 3.63) is 51.5 Å². The Morgan fingerprint density at radius 2 is 2.18 bits per heavy atom. The number of benzene rings is 1. The van der Waals surface area contributed by atoms with Gasteiger partial charge in [-0.15, -0.1) is 10.2 Å². The number of nitriles is 1. The van der Waals surface area contributed by atoms with E-state index in [1.165, 1.54) is 16.3 Å². The Bertz CT molecular complexity index is 956. The van der Waals surface area contributed by atoms with Gasteiger partial charge >= 0.3 is 5.56 Å². The largest absolute Gasteiger partial charge is 0.300 e. The summed E-state index contributed by atoms with van der Waals surface area (Å²) >= 11 is 7.34. The second-order valence-electron chi connectivity index (χ2n) is 4.48. The predicted octanol–water partition coefficient (Wildman–Crippen LogP) is 2.46. The normalized spacial score (nSPS) is 10.8. The molecule has 0 aliphatic carbocycles. The lowest BCUT2D eigenvalue weighted by Crippen LogP contribution is -2.21. The summed E-state index contributed by atoms with van der Waals surface area (Å²) < 4.78 is 3.07. The molecule has 6 nitrogen and oxygen atoms in total. The summed E-state index contributed by atoms with van der Waals surface area (Å²) in [5.74, 6) is 0.247. The van der Waals surface area contributed by atoms with Crippen molar-refractivity contribution in [2.24, 2.45) is 0 Å². The van der Waals surface area contributed by atoms with Gasteiger partial charge in [0.05, 0.1) is 17.5 Å². The molecule has 0 atom stereocenters. The molecule has 3 aromatic rings. The Kier molecular flexibility index (Phi) is 3.88. The van der Waals surface area contributed by atoms with Gasteiger partial charge in [-0.3, -0.25) is 13.8 Å². The van der Waals surface area contributed by atoms with Gasteiger partial charge in [0.1, 0.15) is 0 Å². The fraction of sp³-hybridized carbons (Fsp3) is 0.143. The van der Waals surface area contributed by atoms with Gasteiger partial charge in [-0.1, -0.05) is 29.4 Å². The van der Waals surface area contributed by atoms with Crippen molar-refractivity contribution in [3.8, 4) is 11.8 Å². The van der Waals surface area contributed by atoms with E-state index < -0.39 is 0 Å². The van der Waals surface area contributed by atoms with E-state index in [-0.39, 0.29) is 17.0 Å². The molecule has 0 amide bonds. The van der Waals surface area contributed by atoms with Crippen LogP contribution in [0, 0.1) is 18.3 Å². The lowest BCUT2D eigenvalue weighted by Gasteiger charge is -2.10. The minimum Gasteiger partial charge on any atom is -0.279 e. The van der Waals surface area contributed by atoms with E-state index in [1.54, 1.807) is 28.9 Å². The van der Waals surface area contributed by atoms with Crippen LogP contribution in [0.25, 0.3) is 11.3 Å². The molecule has 8 heteroatoms. The van der Waals surface area contributed by atoms with Crippen LogP contribution in [-0.4, -0.2) is 24.9 Å². The van der Waals surface area contributed by atoms with Gasteiger partial charge in [-0.2, -0.15) is 5.26 Å². The van der Waals surface area contributed by atoms with Crippen molar-refractivity contribution >= 4 is 29.0 Å². The molecule has 0 unspecified atom stereocenters. The van der Waals surface area contributed by atoms with Crippen molar-refractivity contribution in [1.82, 2.24) is 19.2 Å². The molecule has 0 saturated carbocycles. The quantitative estimate of drug-likeness (QED) is 0.689. The maximum absolute atomic E-state index is 12.6. The zero-order chi connectivity index (χ0) is 15.7. The molecule has 0 N–H and O–H groups in total. The second-order valence-corrected chi connectivity index (χ2v) is 5.83. The molecule has 3 rings (SSSR count). The van der Waals surface area contributed by atoms with Crippen LogP contribution in [0.1, 0.15) is 5.56 Å². The molecule has 0 aliphatic rings. The third-order valence-corrected chi connectivity index (χ3v) is 4.42. The van der Waals surface area contributed by atoms with Crippen LogP contribution in [0.5, 0.6) is 0 Å². The van der Waals surface area contributed by atoms with Crippen molar-refractivity contribution in [1.29, 1.82) is 5.26 Å². The average Bonchev–Trinajstić information content (AvgIpc) is 2.93. The maximum atomic E-state index is 12.6. The standard InChI is InChI=1S/C14H10ClN5OS/c1-9-10(15)3-2-4-11(9)19-6-7-20-12(13(19)21)17-18-14(20)22-8-5-16/h2-4,6-7H,8H2,1H3. The molecule has 2 aromatic heterocycles. The Hall–Kier alpha value is -2.30. The average molecular weight is 332 g/mol. The number of thioether (sulfide) groups is 1. The van der Waals surface area contributed by atoms with Gasteiger partial charge in [0.15, 0.2) is 5.16 Å². The van der Waals surface area contributed by atoms with E-state index >= 15 is 0 Å². The molecule has 0 saturated heterocycles. The summed E-state index contributed by atoms with van der Waals surface area (Å²) in [5.41, 5.74) is 1.44. The first kappa shape index (κ1) is 14.6. The Morgan fingerprint density at radius 3 is 2.95 bits per heavy atom. The topological polar surface area (TPSA) is 76.0 Å². The number of rotatable bonds is 3. The van der Waals surface area contributed by atoms with Gasteiger partial charge in [0.25, 0.3) is 0 Å². The summed E-state index contributed by atoms with van der Waals surface area (Å²) in [4.78, 5) is 12.6. The highest BCUT2D eigenvalue weighted by atomic mass is 35.5. The van der Waals surface area contributed by atoms with E-state index in [9.17, 15) is 4.79 Å². The van der Waals surface area contributed by atoms with Crippen LogP contribution in [0.4, 0.5) is 0 Å². The molecular weight excluding hydrogens is 322 g/mol. The van der Waals surface area contributed by atoms with E-state index in [2.05, 4.69) is 10.2 Å². The van der Waals surface area contributed by atoms with Crippen LogP contribution in [0.15, 0.2) is 40.5 Å². The summed E-state index contributed by atoms with van der Waals surface area (Å²) in [6.07, 6.45) is 3.35. The Labute approximate surface area is 135 Å². The Morgan fingerprint density at radius 1 is 1.36 bits per heavy atom. The van der Waals surface area contributed by atoms with E-state index in [1.807, 2.05) is 19.1 Å². The fourth-order valence-electron chi connectivity index (χ4n) is 2.11. The van der Waals surface area contributed by atoms with Crippen molar-refractivity contribution in [2.45, 2.75) is 12.1 Å². The first-order chi connectivity index (χ1) is 10.6. The SMILES string of the molecule is Cc1c(Cl)cccc1-n1ccn2c(SCC#N)nnc2c1=O. The number of hydrogen-bond acceptors (Lipinski definition) is 5. The molecule has 1 aromatic carbocycles. The summed E-state index contributed by atoms with van der Waals surface area (Å²) in [6.45, 7) is 1.85. The van der Waals surface area contributed by atoms with E-state index in [4.69, 9.17) is 16.9 Å². The van der Waals surface area contributed by atoms with Gasteiger partial charge in [0.2, 0.25) is 5.65 Å². The van der Waals surface area contributed by atoms with Gasteiger partial charge < -0.3 is 0 Å². The minimum atomic E-state index is -0.288. The zero-order valence-electron chi connectivity index (χ0n) is 11.5. The van der Waals surface area contributed by atoms with Crippen molar-refractivity contribution in [2.75, 3.05) is 5.75 Å². The molecule has 22 heavy (non-hydrogen) atoms. The fourth-order valence-corrected chi connectivity index (χ4v) is 2.86. The van der Waals surface area contributed by atoms with Crippen LogP contribution >= 0.6 is 23.4 Å². The van der Waals surface area contributed by atoms with Crippen LogP contribution in [0.2, 0.25) is 5.02 Å². The molecule has 0 spiro atoms. The highest BCUT2D eigenvalue weighted by Gasteiger charge is 2.13. The third-order valence-electron chi connectivity index (χ3n) is 3.20. The maximum Gasteiger partial charge on any atom is 0.300 e. The molecule has 110 valence electrons. The number of hydrogen-bond donors (Lipinski definition) is 0. The van der Waals surface area contributed by atoms with E-state index in [0.717, 1.165) is 5.56 Å². The summed E-state index contributed by atoms with van der Waals surface area (Å²) in [7, 11) is 0. The first-order valence-electron chi connectivity index (χ1n) is 6.35. The predicted molar refractivity (Wildman–Crippen MR) is 84.7 cm³/mol. The smallest absolute Gasteiger partial charge is 0.279 e. The van der Waals surface area contributed by atoms with Crippen LogP contribution < -0.4 is 5.56 Å². The monoisotopic (exact) mass is 331 g/mol. The van der Waals surface area contributed by atoms with Gasteiger partial charge in [0, 0.05) is 17.4 Å². The number of aromatic nitrogens is 4. The van der Waals surface area contributed by atoms with Gasteiger partial charge in [-0.05, 0) is 24.6 Å². The van der Waals surface area contributed by atoms with Crippen molar-refractivity contribution in [3.63, 3.8) is 0 Å². The number of nitrogens with zero attached hydrogens (tertiary/aromatic N) is 5.